The van der Waals surface area contributed by atoms with Gasteiger partial charge < -0.3 is 9.72 Å². The Morgan fingerprint density at radius 1 is 1.41 bits per heavy atom. The Morgan fingerprint density at radius 3 is 2.73 bits per heavy atom. The predicted octanol–water partition coefficient (Wildman–Crippen LogP) is 2.51. The highest BCUT2D eigenvalue weighted by atomic mass is 35.5. The number of ether oxygens (including phenoxy) is 1. The number of alkyl halides is 1. The number of nitrogens with one attached hydrogen (secondary N) is 1. The molecule has 0 unspecified atom stereocenters. The number of rotatable bonds is 6. The zero-order valence-electron chi connectivity index (χ0n) is 11.9. The van der Waals surface area contributed by atoms with Crippen LogP contribution in [-0.2, 0) is 27.0 Å². The molecule has 0 radical (unpaired) electrons. The van der Waals surface area contributed by atoms with Gasteiger partial charge in [-0.1, -0.05) is 12.1 Å². The van der Waals surface area contributed by atoms with Crippen LogP contribution in [-0.4, -0.2) is 36.4 Å². The normalized spacial score (nSPS) is 11.8. The number of aryl methyl sites for hydroxylation is 1. The molecule has 2 aromatic rings. The number of benzene rings is 1. The number of H-pyrrole nitrogens is 1. The molecule has 8 heteroatoms. The van der Waals surface area contributed by atoms with E-state index >= 15 is 0 Å². The molecule has 120 valence electrons. The van der Waals surface area contributed by atoms with Crippen molar-refractivity contribution in [1.29, 1.82) is 0 Å². The van der Waals surface area contributed by atoms with E-state index in [4.69, 9.17) is 20.9 Å². The minimum atomic E-state index is -4.11. The molecular weight excluding hydrogens is 330 g/mol. The van der Waals surface area contributed by atoms with Crippen molar-refractivity contribution in [2.75, 3.05) is 12.5 Å². The smallest absolute Gasteiger partial charge is 0.355 e. The Morgan fingerprint density at radius 2 is 2.14 bits per heavy atom. The summed E-state index contributed by atoms with van der Waals surface area (Å²) in [6.07, 6.45) is 0.480. The van der Waals surface area contributed by atoms with Crippen LogP contribution in [0.25, 0.3) is 10.9 Å². The van der Waals surface area contributed by atoms with E-state index in [0.717, 1.165) is 10.9 Å². The molecule has 0 fully saturated rings. The van der Waals surface area contributed by atoms with Crippen molar-refractivity contribution in [3.8, 4) is 0 Å². The largest absolute Gasteiger partial charge is 0.461 e. The van der Waals surface area contributed by atoms with E-state index in [1.807, 2.05) is 0 Å². The van der Waals surface area contributed by atoms with E-state index in [1.54, 1.807) is 25.1 Å². The third kappa shape index (κ3) is 3.79. The molecule has 0 spiro atoms. The molecule has 6 nitrogen and oxygen atoms in total. The van der Waals surface area contributed by atoms with Crippen LogP contribution in [0.5, 0.6) is 0 Å². The standard InChI is InChI=1S/C14H16ClNO5S/c1-2-21-14(17)13-11(5-6-15)10-4-3-9(7-12(10)16-13)8-22(18,19)20/h3-4,7,16H,2,5-6,8H2,1H3,(H,18,19,20). The molecule has 1 aromatic heterocycles. The first-order valence-corrected chi connectivity index (χ1v) is 8.81. The average molecular weight is 346 g/mol. The van der Waals surface area contributed by atoms with Gasteiger partial charge in [0.2, 0.25) is 0 Å². The Labute approximate surface area is 133 Å². The number of carbonyl (C=O) groups excluding carboxylic acids is 1. The molecule has 2 N–H and O–H groups in total. The average Bonchev–Trinajstić information content (AvgIpc) is 2.76. The summed E-state index contributed by atoms with van der Waals surface area (Å²) < 4.78 is 35.8. The molecule has 22 heavy (non-hydrogen) atoms. The monoisotopic (exact) mass is 345 g/mol. The number of aromatic amines is 1. The lowest BCUT2D eigenvalue weighted by atomic mass is 10.1. The summed E-state index contributed by atoms with van der Waals surface area (Å²) in [5.41, 5.74) is 2.08. The molecule has 0 aliphatic carbocycles. The van der Waals surface area contributed by atoms with Gasteiger partial charge in [0, 0.05) is 16.8 Å². The second kappa shape index (κ2) is 6.68. The number of hydrogen-bond acceptors (Lipinski definition) is 4. The zero-order chi connectivity index (χ0) is 16.3. The quantitative estimate of drug-likeness (QED) is 0.476. The van der Waals surface area contributed by atoms with E-state index in [2.05, 4.69) is 4.98 Å². The third-order valence-corrected chi connectivity index (χ3v) is 4.03. The first-order valence-electron chi connectivity index (χ1n) is 6.67. The summed E-state index contributed by atoms with van der Waals surface area (Å²) in [6, 6.07) is 4.89. The minimum absolute atomic E-state index is 0.252. The van der Waals surface area contributed by atoms with Gasteiger partial charge in [0.15, 0.2) is 0 Å². The molecule has 1 heterocycles. The molecule has 0 atom stereocenters. The molecule has 0 aliphatic rings. The molecule has 0 saturated carbocycles. The van der Waals surface area contributed by atoms with Crippen LogP contribution >= 0.6 is 11.6 Å². The van der Waals surface area contributed by atoms with Crippen LogP contribution in [0.1, 0.15) is 28.5 Å². The SMILES string of the molecule is CCOC(=O)c1[nH]c2cc(CS(=O)(=O)O)ccc2c1CCCl. The van der Waals surface area contributed by atoms with Crippen LogP contribution in [0.4, 0.5) is 0 Å². The second-order valence-corrected chi connectivity index (χ2v) is 6.57. The van der Waals surface area contributed by atoms with E-state index in [9.17, 15) is 13.2 Å². The highest BCUT2D eigenvalue weighted by Gasteiger charge is 2.19. The number of fused-ring (bicyclic) bond motifs is 1. The van der Waals surface area contributed by atoms with Crippen molar-refractivity contribution in [3.63, 3.8) is 0 Å². The molecule has 0 amide bonds. The maximum atomic E-state index is 12.0. The van der Waals surface area contributed by atoms with Crippen molar-refractivity contribution in [1.82, 2.24) is 4.98 Å². The Hall–Kier alpha value is -1.57. The summed E-state index contributed by atoms with van der Waals surface area (Å²) >= 11 is 5.79. The molecule has 0 bridgehead atoms. The van der Waals surface area contributed by atoms with Gasteiger partial charge >= 0.3 is 5.97 Å². The van der Waals surface area contributed by atoms with Gasteiger partial charge in [0.05, 0.1) is 6.61 Å². The van der Waals surface area contributed by atoms with Gasteiger partial charge in [-0.25, -0.2) is 4.79 Å². The fourth-order valence-electron chi connectivity index (χ4n) is 2.33. The Balaban J connectivity index is 2.52. The number of aromatic nitrogens is 1. The van der Waals surface area contributed by atoms with Crippen molar-refractivity contribution in [2.24, 2.45) is 0 Å². The third-order valence-electron chi connectivity index (χ3n) is 3.14. The molecule has 0 saturated heterocycles. The molecular formula is C14H16ClNO5S. The maximum Gasteiger partial charge on any atom is 0.355 e. The number of halogens is 1. The number of esters is 1. The van der Waals surface area contributed by atoms with Crippen molar-refractivity contribution < 1.29 is 22.5 Å². The Kier molecular flexibility index (Phi) is 5.10. The van der Waals surface area contributed by atoms with Gasteiger partial charge in [-0.15, -0.1) is 11.6 Å². The van der Waals surface area contributed by atoms with Crippen LogP contribution in [0.15, 0.2) is 18.2 Å². The summed E-state index contributed by atoms with van der Waals surface area (Å²) in [5.74, 6) is -0.622. The van der Waals surface area contributed by atoms with E-state index < -0.39 is 21.8 Å². The van der Waals surface area contributed by atoms with Crippen LogP contribution in [0.2, 0.25) is 0 Å². The van der Waals surface area contributed by atoms with Gasteiger partial charge in [-0.05, 0) is 30.5 Å². The first-order chi connectivity index (χ1) is 10.4. The van der Waals surface area contributed by atoms with Gasteiger partial charge in [-0.2, -0.15) is 8.42 Å². The lowest BCUT2D eigenvalue weighted by molar-refractivity contribution is 0.0519. The summed E-state index contributed by atoms with van der Waals surface area (Å²) in [5, 5.41) is 0.780. The summed E-state index contributed by atoms with van der Waals surface area (Å²) in [7, 11) is -4.11. The maximum absolute atomic E-state index is 12.0. The molecule has 0 aliphatic heterocycles. The van der Waals surface area contributed by atoms with Crippen molar-refractivity contribution >= 4 is 38.6 Å². The Bertz CT molecular complexity index is 797. The predicted molar refractivity (Wildman–Crippen MR) is 83.9 cm³/mol. The highest BCUT2D eigenvalue weighted by Crippen LogP contribution is 2.26. The van der Waals surface area contributed by atoms with Crippen molar-refractivity contribution in [2.45, 2.75) is 19.1 Å². The van der Waals surface area contributed by atoms with Gasteiger partial charge in [-0.3, -0.25) is 4.55 Å². The minimum Gasteiger partial charge on any atom is -0.461 e. The van der Waals surface area contributed by atoms with Crippen LogP contribution < -0.4 is 0 Å². The number of hydrogen-bond donors (Lipinski definition) is 2. The fourth-order valence-corrected chi connectivity index (χ4v) is 3.12. The van der Waals surface area contributed by atoms with E-state index in [-0.39, 0.29) is 6.61 Å². The van der Waals surface area contributed by atoms with Gasteiger partial charge in [0.1, 0.15) is 11.4 Å². The molecule has 1 aromatic carbocycles. The lowest BCUT2D eigenvalue weighted by Gasteiger charge is -2.02. The lowest BCUT2D eigenvalue weighted by Crippen LogP contribution is -2.08. The van der Waals surface area contributed by atoms with Gasteiger partial charge in [0.25, 0.3) is 10.1 Å². The molecule has 2 rings (SSSR count). The summed E-state index contributed by atoms with van der Waals surface area (Å²) in [6.45, 7) is 1.97. The van der Waals surface area contributed by atoms with Crippen molar-refractivity contribution in [3.05, 3.63) is 35.0 Å². The zero-order valence-corrected chi connectivity index (χ0v) is 13.5. The second-order valence-electron chi connectivity index (χ2n) is 4.74. The van der Waals surface area contributed by atoms with Crippen LogP contribution in [0, 0.1) is 0 Å². The van der Waals surface area contributed by atoms with E-state index in [1.165, 1.54) is 0 Å². The number of carbonyl (C=O) groups is 1. The van der Waals surface area contributed by atoms with Crippen LogP contribution in [0.3, 0.4) is 0 Å². The topological polar surface area (TPSA) is 96.5 Å². The first kappa shape index (κ1) is 16.8. The fraction of sp³-hybridized carbons (Fsp3) is 0.357. The highest BCUT2D eigenvalue weighted by molar-refractivity contribution is 7.85. The van der Waals surface area contributed by atoms with E-state index in [0.29, 0.717) is 29.1 Å². The summed E-state index contributed by atoms with van der Waals surface area (Å²) in [4.78, 5) is 14.9.